The third-order valence-electron chi connectivity index (χ3n) is 3.28. The van der Waals surface area contributed by atoms with E-state index in [0.717, 1.165) is 0 Å². The average Bonchev–Trinajstić information content (AvgIpc) is 3.01. The zero-order valence-corrected chi connectivity index (χ0v) is 15.0. The van der Waals surface area contributed by atoms with Gasteiger partial charge in [-0.05, 0) is 39.8 Å². The lowest BCUT2D eigenvalue weighted by Crippen LogP contribution is -2.23. The van der Waals surface area contributed by atoms with Crippen LogP contribution in [-0.2, 0) is 6.54 Å². The molecule has 25 heavy (non-hydrogen) atoms. The van der Waals surface area contributed by atoms with Gasteiger partial charge in [0.05, 0.1) is 26.4 Å². The van der Waals surface area contributed by atoms with E-state index in [0.29, 0.717) is 54.1 Å². The van der Waals surface area contributed by atoms with E-state index >= 15 is 0 Å². The predicted molar refractivity (Wildman–Crippen MR) is 92.4 cm³/mol. The van der Waals surface area contributed by atoms with E-state index in [4.69, 9.17) is 18.7 Å². The Morgan fingerprint density at radius 1 is 1.04 bits per heavy atom. The van der Waals surface area contributed by atoms with Gasteiger partial charge in [-0.3, -0.25) is 4.79 Å². The molecule has 0 bridgehead atoms. The summed E-state index contributed by atoms with van der Waals surface area (Å²) in [5, 5.41) is 6.66. The van der Waals surface area contributed by atoms with Gasteiger partial charge in [-0.2, -0.15) is 0 Å². The van der Waals surface area contributed by atoms with Crippen LogP contribution in [-0.4, -0.2) is 30.9 Å². The van der Waals surface area contributed by atoms with Gasteiger partial charge in [-0.25, -0.2) is 0 Å². The topological polar surface area (TPSA) is 82.8 Å². The molecule has 2 aromatic rings. The summed E-state index contributed by atoms with van der Waals surface area (Å²) in [4.78, 5) is 12.5. The zero-order valence-electron chi connectivity index (χ0n) is 15.0. The summed E-state index contributed by atoms with van der Waals surface area (Å²) in [5.74, 6) is 1.92. The quantitative estimate of drug-likeness (QED) is 0.750. The fourth-order valence-electron chi connectivity index (χ4n) is 2.29. The van der Waals surface area contributed by atoms with Crippen molar-refractivity contribution < 1.29 is 23.5 Å². The molecule has 0 aliphatic heterocycles. The molecule has 0 saturated heterocycles. The molecule has 0 radical (unpaired) electrons. The number of aryl methyl sites for hydroxylation is 1. The molecule has 0 aliphatic carbocycles. The summed E-state index contributed by atoms with van der Waals surface area (Å²) < 4.78 is 21.9. The minimum atomic E-state index is -0.259. The first-order valence-corrected chi connectivity index (χ1v) is 8.35. The van der Waals surface area contributed by atoms with E-state index in [1.54, 1.807) is 25.1 Å². The molecule has 0 saturated carbocycles. The van der Waals surface area contributed by atoms with Crippen LogP contribution < -0.4 is 19.5 Å². The van der Waals surface area contributed by atoms with Gasteiger partial charge < -0.3 is 24.1 Å². The summed E-state index contributed by atoms with van der Waals surface area (Å²) in [6.45, 7) is 9.07. The Kier molecular flexibility index (Phi) is 6.68. The molecule has 7 nitrogen and oxygen atoms in total. The highest BCUT2D eigenvalue weighted by molar-refractivity contribution is 5.95. The molecule has 0 unspecified atom stereocenters. The molecule has 0 atom stereocenters. The van der Waals surface area contributed by atoms with Crippen LogP contribution in [0.2, 0.25) is 0 Å². The van der Waals surface area contributed by atoms with Gasteiger partial charge in [0.15, 0.2) is 11.5 Å². The van der Waals surface area contributed by atoms with Crippen molar-refractivity contribution in [3.8, 4) is 17.2 Å². The standard InChI is InChI=1S/C18H24N2O5/c1-5-22-15-9-13(10-16(23-6-2)17(15)24-7-3)18(21)19-11-14-8-12(4)25-20-14/h8-10H,5-7,11H2,1-4H3,(H,19,21). The SMILES string of the molecule is CCOc1cc(C(=O)NCc2cc(C)on2)cc(OCC)c1OCC. The van der Waals surface area contributed by atoms with Crippen LogP contribution in [0.1, 0.15) is 42.6 Å². The van der Waals surface area contributed by atoms with Crippen molar-refractivity contribution in [1.82, 2.24) is 10.5 Å². The lowest BCUT2D eigenvalue weighted by molar-refractivity contribution is 0.0949. The van der Waals surface area contributed by atoms with Crippen molar-refractivity contribution in [2.24, 2.45) is 0 Å². The van der Waals surface area contributed by atoms with Gasteiger partial charge >= 0.3 is 0 Å². The van der Waals surface area contributed by atoms with Crippen LogP contribution in [0, 0.1) is 6.92 Å². The molecule has 1 amide bonds. The van der Waals surface area contributed by atoms with Crippen LogP contribution in [0.5, 0.6) is 17.2 Å². The maximum atomic E-state index is 12.5. The second-order valence-corrected chi connectivity index (χ2v) is 5.21. The number of carbonyl (C=O) groups excluding carboxylic acids is 1. The number of carbonyl (C=O) groups is 1. The van der Waals surface area contributed by atoms with E-state index in [2.05, 4.69) is 10.5 Å². The summed E-state index contributed by atoms with van der Waals surface area (Å²) in [7, 11) is 0. The van der Waals surface area contributed by atoms with Crippen molar-refractivity contribution >= 4 is 5.91 Å². The Morgan fingerprint density at radius 3 is 2.12 bits per heavy atom. The summed E-state index contributed by atoms with van der Waals surface area (Å²) in [6, 6.07) is 5.08. The molecule has 136 valence electrons. The number of nitrogens with zero attached hydrogens (tertiary/aromatic N) is 1. The molecule has 0 spiro atoms. The van der Waals surface area contributed by atoms with E-state index in [9.17, 15) is 4.79 Å². The smallest absolute Gasteiger partial charge is 0.251 e. The van der Waals surface area contributed by atoms with Gasteiger partial charge in [0.2, 0.25) is 5.75 Å². The van der Waals surface area contributed by atoms with Crippen molar-refractivity contribution in [3.05, 3.63) is 35.2 Å². The van der Waals surface area contributed by atoms with E-state index < -0.39 is 0 Å². The minimum Gasteiger partial charge on any atom is -0.490 e. The number of ether oxygens (including phenoxy) is 3. The van der Waals surface area contributed by atoms with Gasteiger partial charge in [-0.1, -0.05) is 5.16 Å². The number of aromatic nitrogens is 1. The lowest BCUT2D eigenvalue weighted by Gasteiger charge is -2.17. The normalized spacial score (nSPS) is 10.4. The first kappa shape index (κ1) is 18.6. The molecular weight excluding hydrogens is 324 g/mol. The van der Waals surface area contributed by atoms with Crippen molar-refractivity contribution in [3.63, 3.8) is 0 Å². The third-order valence-corrected chi connectivity index (χ3v) is 3.28. The second-order valence-electron chi connectivity index (χ2n) is 5.21. The van der Waals surface area contributed by atoms with Crippen LogP contribution in [0.25, 0.3) is 0 Å². The molecule has 0 aliphatic rings. The predicted octanol–water partition coefficient (Wildman–Crippen LogP) is 3.11. The van der Waals surface area contributed by atoms with Gasteiger partial charge in [0.1, 0.15) is 11.5 Å². The highest BCUT2D eigenvalue weighted by Crippen LogP contribution is 2.39. The molecule has 1 N–H and O–H groups in total. The highest BCUT2D eigenvalue weighted by Gasteiger charge is 2.18. The van der Waals surface area contributed by atoms with Crippen LogP contribution in [0.3, 0.4) is 0 Å². The van der Waals surface area contributed by atoms with Gasteiger partial charge in [0, 0.05) is 11.6 Å². The number of nitrogens with one attached hydrogen (secondary N) is 1. The Morgan fingerprint density at radius 2 is 1.64 bits per heavy atom. The average molecular weight is 348 g/mol. The maximum absolute atomic E-state index is 12.5. The number of amides is 1. The molecule has 1 aromatic carbocycles. The second kappa shape index (κ2) is 8.96. The van der Waals surface area contributed by atoms with Crippen molar-refractivity contribution in [2.75, 3.05) is 19.8 Å². The molecule has 7 heteroatoms. The lowest BCUT2D eigenvalue weighted by atomic mass is 10.1. The number of benzene rings is 1. The van der Waals surface area contributed by atoms with Crippen LogP contribution in [0.15, 0.2) is 22.7 Å². The summed E-state index contributed by atoms with van der Waals surface area (Å²) in [6.07, 6.45) is 0. The van der Waals surface area contributed by atoms with Gasteiger partial charge in [-0.15, -0.1) is 0 Å². The highest BCUT2D eigenvalue weighted by atomic mass is 16.5. The van der Waals surface area contributed by atoms with E-state index in [1.807, 2.05) is 20.8 Å². The Labute approximate surface area is 147 Å². The fourth-order valence-corrected chi connectivity index (χ4v) is 2.29. The van der Waals surface area contributed by atoms with Crippen molar-refractivity contribution in [1.29, 1.82) is 0 Å². The molecule has 0 fully saturated rings. The van der Waals surface area contributed by atoms with E-state index in [1.165, 1.54) is 0 Å². The monoisotopic (exact) mass is 348 g/mol. The number of hydrogen-bond acceptors (Lipinski definition) is 6. The summed E-state index contributed by atoms with van der Waals surface area (Å²) in [5.41, 5.74) is 1.09. The van der Waals surface area contributed by atoms with Gasteiger partial charge in [0.25, 0.3) is 5.91 Å². The third kappa shape index (κ3) is 4.89. The molecule has 1 heterocycles. The summed E-state index contributed by atoms with van der Waals surface area (Å²) >= 11 is 0. The number of hydrogen-bond donors (Lipinski definition) is 1. The number of rotatable bonds is 9. The molecule has 1 aromatic heterocycles. The first-order chi connectivity index (χ1) is 12.1. The van der Waals surface area contributed by atoms with E-state index in [-0.39, 0.29) is 12.5 Å². The maximum Gasteiger partial charge on any atom is 0.251 e. The minimum absolute atomic E-state index is 0.259. The molecular formula is C18H24N2O5. The largest absolute Gasteiger partial charge is 0.490 e. The fraction of sp³-hybridized carbons (Fsp3) is 0.444. The Hall–Kier alpha value is -2.70. The Balaban J connectivity index is 2.24. The van der Waals surface area contributed by atoms with Crippen molar-refractivity contribution in [2.45, 2.75) is 34.2 Å². The molecule has 2 rings (SSSR count). The zero-order chi connectivity index (χ0) is 18.2. The first-order valence-electron chi connectivity index (χ1n) is 8.35. The van der Waals surface area contributed by atoms with Crippen LogP contribution in [0.4, 0.5) is 0 Å². The Bertz CT molecular complexity index is 684. The van der Waals surface area contributed by atoms with Crippen LogP contribution >= 0.6 is 0 Å².